The van der Waals surface area contributed by atoms with Crippen LogP contribution in [0.2, 0.25) is 0 Å². The fraction of sp³-hybridized carbons (Fsp3) is 0.182. The molecule has 2 heterocycles. The van der Waals surface area contributed by atoms with Crippen molar-refractivity contribution in [3.05, 3.63) is 28.7 Å². The molecule has 0 bridgehead atoms. The van der Waals surface area contributed by atoms with Crippen LogP contribution in [-0.2, 0) is 6.61 Å². The Morgan fingerprint density at radius 2 is 2.24 bits per heavy atom. The van der Waals surface area contributed by atoms with E-state index in [1.807, 2.05) is 0 Å². The number of hydrogen-bond acceptors (Lipinski definition) is 9. The van der Waals surface area contributed by atoms with E-state index in [1.165, 1.54) is 12.4 Å². The zero-order chi connectivity index (χ0) is 15.4. The number of aliphatic hydroxyl groups is 1. The Bertz CT molecular complexity index is 708. The van der Waals surface area contributed by atoms with E-state index in [0.717, 1.165) is 0 Å². The van der Waals surface area contributed by atoms with Crippen LogP contribution in [0.4, 0.5) is 5.82 Å². The Kier molecular flexibility index (Phi) is 4.09. The van der Waals surface area contributed by atoms with Crippen LogP contribution in [0.1, 0.15) is 22.5 Å². The van der Waals surface area contributed by atoms with Crippen LogP contribution in [0.3, 0.4) is 0 Å². The summed E-state index contributed by atoms with van der Waals surface area (Å²) in [5.74, 6) is -0.201. The Balaban J connectivity index is 2.30. The molecule has 0 spiro atoms. The molecule has 0 radical (unpaired) electrons. The van der Waals surface area contributed by atoms with Crippen molar-refractivity contribution in [1.29, 1.82) is 0 Å². The van der Waals surface area contributed by atoms with Gasteiger partial charge in [-0.3, -0.25) is 4.98 Å². The number of aryl methyl sites for hydroxylation is 1. The fourth-order valence-corrected chi connectivity index (χ4v) is 1.49. The lowest BCUT2D eigenvalue weighted by Gasteiger charge is -2.06. The van der Waals surface area contributed by atoms with Gasteiger partial charge in [0.05, 0.1) is 18.5 Å². The highest BCUT2D eigenvalue weighted by atomic mass is 16.6. The molecule has 0 aliphatic heterocycles. The zero-order valence-electron chi connectivity index (χ0n) is 11.1. The highest BCUT2D eigenvalue weighted by Gasteiger charge is 2.11. The number of rotatable bonds is 4. The second kappa shape index (κ2) is 5.96. The van der Waals surface area contributed by atoms with Gasteiger partial charge in [-0.1, -0.05) is 0 Å². The van der Waals surface area contributed by atoms with Gasteiger partial charge in [-0.2, -0.15) is 5.10 Å². The van der Waals surface area contributed by atoms with E-state index < -0.39 is 0 Å². The van der Waals surface area contributed by atoms with E-state index in [-0.39, 0.29) is 29.7 Å². The average molecular weight is 291 g/mol. The minimum absolute atomic E-state index is 0.00917. The summed E-state index contributed by atoms with van der Waals surface area (Å²) in [5, 5.41) is 33.3. The van der Waals surface area contributed by atoms with Crippen molar-refractivity contribution >= 4 is 17.9 Å². The number of nitrogens with two attached hydrogens (primary N) is 2. The van der Waals surface area contributed by atoms with Gasteiger partial charge in [-0.25, -0.2) is 4.63 Å². The van der Waals surface area contributed by atoms with Gasteiger partial charge in [0.25, 0.3) is 0 Å². The second-order valence-electron chi connectivity index (χ2n) is 4.02. The smallest absolute Gasteiger partial charge is 0.199 e. The van der Waals surface area contributed by atoms with E-state index in [0.29, 0.717) is 16.8 Å². The third-order valence-corrected chi connectivity index (χ3v) is 2.64. The number of aliphatic hydroxyl groups excluding tert-OH is 1. The monoisotopic (exact) mass is 291 g/mol. The van der Waals surface area contributed by atoms with E-state index >= 15 is 0 Å². The van der Waals surface area contributed by atoms with Gasteiger partial charge in [-0.15, -0.1) is 5.10 Å². The molecule has 0 saturated heterocycles. The molecular weight excluding hydrogens is 278 g/mol. The number of aromatic nitrogens is 3. The summed E-state index contributed by atoms with van der Waals surface area (Å²) in [6.45, 7) is 1.31. The SMILES string of the molecule is Cc1ncc(CO)c(C=NN=C(N)c2nonc2N)c1O. The molecule has 0 aliphatic carbocycles. The number of pyridine rings is 1. The molecule has 21 heavy (non-hydrogen) atoms. The van der Waals surface area contributed by atoms with Crippen molar-refractivity contribution in [1.82, 2.24) is 15.3 Å². The van der Waals surface area contributed by atoms with Crippen LogP contribution in [0.5, 0.6) is 5.75 Å². The predicted octanol–water partition coefficient (Wildman–Crippen LogP) is -0.707. The number of aromatic hydroxyl groups is 1. The minimum Gasteiger partial charge on any atom is -0.505 e. The van der Waals surface area contributed by atoms with Crippen molar-refractivity contribution in [2.24, 2.45) is 15.9 Å². The molecule has 10 heteroatoms. The molecule has 110 valence electrons. The first-order valence-electron chi connectivity index (χ1n) is 5.77. The zero-order valence-corrected chi connectivity index (χ0v) is 11.1. The highest BCUT2D eigenvalue weighted by molar-refractivity contribution is 5.99. The number of nitrogen functional groups attached to an aromatic ring is 1. The molecule has 0 fully saturated rings. The first kappa shape index (κ1) is 14.4. The van der Waals surface area contributed by atoms with Gasteiger partial charge in [0.15, 0.2) is 17.3 Å². The molecule has 0 saturated carbocycles. The van der Waals surface area contributed by atoms with E-state index in [4.69, 9.17) is 11.5 Å². The summed E-state index contributed by atoms with van der Waals surface area (Å²) >= 11 is 0. The summed E-state index contributed by atoms with van der Waals surface area (Å²) in [4.78, 5) is 3.93. The summed E-state index contributed by atoms with van der Waals surface area (Å²) < 4.78 is 4.38. The van der Waals surface area contributed by atoms with Crippen LogP contribution < -0.4 is 11.5 Å². The van der Waals surface area contributed by atoms with Crippen molar-refractivity contribution < 1.29 is 14.8 Å². The summed E-state index contributed by atoms with van der Waals surface area (Å²) in [6.07, 6.45) is 2.68. The molecule has 2 aromatic rings. The van der Waals surface area contributed by atoms with Crippen LogP contribution >= 0.6 is 0 Å². The van der Waals surface area contributed by atoms with Crippen molar-refractivity contribution in [2.75, 3.05) is 5.73 Å². The maximum atomic E-state index is 9.90. The Hall–Kier alpha value is -3.01. The molecule has 10 nitrogen and oxygen atoms in total. The molecule has 0 unspecified atom stereocenters. The molecule has 0 aliphatic rings. The Morgan fingerprint density at radius 3 is 2.86 bits per heavy atom. The second-order valence-corrected chi connectivity index (χ2v) is 4.02. The normalized spacial score (nSPS) is 12.2. The van der Waals surface area contributed by atoms with Gasteiger partial charge in [0, 0.05) is 17.3 Å². The van der Waals surface area contributed by atoms with Gasteiger partial charge in [0.1, 0.15) is 5.75 Å². The van der Waals surface area contributed by atoms with Crippen LogP contribution in [0.15, 0.2) is 21.0 Å². The third kappa shape index (κ3) is 2.95. The summed E-state index contributed by atoms with van der Waals surface area (Å²) in [6, 6.07) is 0. The molecule has 6 N–H and O–H groups in total. The van der Waals surface area contributed by atoms with Crippen LogP contribution in [0, 0.1) is 6.92 Å². The van der Waals surface area contributed by atoms with Gasteiger partial charge >= 0.3 is 0 Å². The quantitative estimate of drug-likeness (QED) is 0.325. The number of amidine groups is 1. The predicted molar refractivity (Wildman–Crippen MR) is 73.6 cm³/mol. The van der Waals surface area contributed by atoms with E-state index in [2.05, 4.69) is 30.1 Å². The topological polar surface area (TPSA) is 169 Å². The lowest BCUT2D eigenvalue weighted by atomic mass is 10.1. The van der Waals surface area contributed by atoms with E-state index in [9.17, 15) is 10.2 Å². The average Bonchev–Trinajstić information content (AvgIpc) is 2.89. The molecule has 2 rings (SSSR count). The number of nitrogens with zero attached hydrogens (tertiary/aromatic N) is 5. The first-order valence-corrected chi connectivity index (χ1v) is 5.77. The Morgan fingerprint density at radius 1 is 1.48 bits per heavy atom. The first-order chi connectivity index (χ1) is 10.0. The minimum atomic E-state index is -0.304. The van der Waals surface area contributed by atoms with Gasteiger partial charge in [-0.05, 0) is 17.2 Å². The third-order valence-electron chi connectivity index (χ3n) is 2.64. The maximum absolute atomic E-state index is 9.90. The molecule has 0 atom stereocenters. The Labute approximate surface area is 118 Å². The fourth-order valence-electron chi connectivity index (χ4n) is 1.49. The number of anilines is 1. The van der Waals surface area contributed by atoms with E-state index in [1.54, 1.807) is 6.92 Å². The summed E-state index contributed by atoms with van der Waals surface area (Å²) in [5.41, 5.74) is 12.2. The largest absolute Gasteiger partial charge is 0.505 e. The molecule has 0 amide bonds. The summed E-state index contributed by atoms with van der Waals surface area (Å²) in [7, 11) is 0. The lowest BCUT2D eigenvalue weighted by Crippen LogP contribution is -2.15. The van der Waals surface area contributed by atoms with Gasteiger partial charge in [0.2, 0.25) is 0 Å². The van der Waals surface area contributed by atoms with Gasteiger partial charge < -0.3 is 21.7 Å². The molecule has 0 aromatic carbocycles. The lowest BCUT2D eigenvalue weighted by molar-refractivity contribution is 0.280. The van der Waals surface area contributed by atoms with Crippen LogP contribution in [-0.4, -0.2) is 37.6 Å². The molecule has 2 aromatic heterocycles. The molecular formula is C11H13N7O3. The van der Waals surface area contributed by atoms with Crippen molar-refractivity contribution in [3.8, 4) is 5.75 Å². The van der Waals surface area contributed by atoms with Crippen molar-refractivity contribution in [2.45, 2.75) is 13.5 Å². The van der Waals surface area contributed by atoms with Crippen molar-refractivity contribution in [3.63, 3.8) is 0 Å². The van der Waals surface area contributed by atoms with Crippen LogP contribution in [0.25, 0.3) is 0 Å². The highest BCUT2D eigenvalue weighted by Crippen LogP contribution is 2.21. The maximum Gasteiger partial charge on any atom is 0.199 e. The standard InChI is InChI=1S/C11H13N7O3/c1-5-9(20)7(6(4-19)2-14-5)3-15-16-10(12)8-11(13)18-21-17-8/h2-3,19-20H,4H2,1H3,(H2,12,16)(H2,13,18). The number of hydrogen-bond donors (Lipinski definition) is 4.